The number of amides is 5. The van der Waals surface area contributed by atoms with Gasteiger partial charge in [-0.15, -0.1) is 0 Å². The molecule has 13 N–H and O–H groups in total. The highest BCUT2D eigenvalue weighted by atomic mass is 16.6. The number of hydrogen-bond donors (Lipinski definition) is 10. The molecule has 0 saturated carbocycles. The summed E-state index contributed by atoms with van der Waals surface area (Å²) in [5, 5.41) is 48.1. The third-order valence-electron chi connectivity index (χ3n) is 12.5. The zero-order valence-corrected chi connectivity index (χ0v) is 40.0. The second kappa shape index (κ2) is 26.8. The molecule has 69 heavy (non-hydrogen) atoms. The molecule has 1 aliphatic heterocycles. The van der Waals surface area contributed by atoms with Crippen molar-refractivity contribution in [2.75, 3.05) is 31.5 Å². The number of nitrogens with two attached hydrogens (primary N) is 3. The van der Waals surface area contributed by atoms with Gasteiger partial charge < -0.3 is 58.9 Å². The summed E-state index contributed by atoms with van der Waals surface area (Å²) in [6, 6.07) is 5.03. The number of carboxylic acid groups (broad SMARTS) is 1. The highest BCUT2D eigenvalue weighted by Crippen LogP contribution is 2.38. The summed E-state index contributed by atoms with van der Waals surface area (Å²) in [4.78, 5) is 101. The first kappa shape index (κ1) is 54.9. The number of pyridine rings is 1. The van der Waals surface area contributed by atoms with Crippen LogP contribution < -0.4 is 43.8 Å². The maximum absolute atomic E-state index is 14.3. The van der Waals surface area contributed by atoms with E-state index in [9.17, 15) is 49.1 Å². The highest BCUT2D eigenvalue weighted by molar-refractivity contribution is 6.12. The number of aliphatic carboxylic acids is 1. The topological polar surface area (TPSA) is 353 Å². The first-order chi connectivity index (χ1) is 32.9. The molecule has 3 aromatic rings. The summed E-state index contributed by atoms with van der Waals surface area (Å²) in [5.41, 5.74) is 18.9. The number of aromatic nitrogens is 1. The van der Waals surface area contributed by atoms with E-state index in [1.54, 1.807) is 6.07 Å². The number of likely N-dealkylation sites (tertiary alicyclic amines) is 1. The third kappa shape index (κ3) is 15.7. The van der Waals surface area contributed by atoms with Gasteiger partial charge in [-0.25, -0.2) is 9.78 Å². The summed E-state index contributed by atoms with van der Waals surface area (Å²) in [7, 11) is 0. The Bertz CT molecular complexity index is 2320. The summed E-state index contributed by atoms with van der Waals surface area (Å²) in [5.74, 6) is -4.52. The molecule has 2 heterocycles. The molecule has 378 valence electrons. The monoisotopic (exact) mass is 963 g/mol. The van der Waals surface area contributed by atoms with Crippen LogP contribution in [0.1, 0.15) is 103 Å². The molecule has 0 spiro atoms. The van der Waals surface area contributed by atoms with Crippen molar-refractivity contribution in [3.05, 3.63) is 52.1 Å². The molecule has 22 heteroatoms. The van der Waals surface area contributed by atoms with Crippen molar-refractivity contribution in [1.29, 1.82) is 0 Å². The van der Waals surface area contributed by atoms with E-state index in [1.807, 2.05) is 45.0 Å². The lowest BCUT2D eigenvalue weighted by molar-refractivity contribution is -0.383. The Morgan fingerprint density at radius 1 is 0.913 bits per heavy atom. The van der Waals surface area contributed by atoms with Crippen molar-refractivity contribution in [1.82, 2.24) is 31.2 Å². The number of nitrogens with one attached hydrogen (secondary N) is 5. The number of primary amides is 1. The number of carbonyl (C=O) groups excluding carboxylic acids is 5. The van der Waals surface area contributed by atoms with Crippen LogP contribution in [0.15, 0.2) is 41.4 Å². The van der Waals surface area contributed by atoms with Crippen molar-refractivity contribution in [3.63, 3.8) is 0 Å². The molecule has 5 amide bonds. The number of non-ortho nitro benzene ring substituents is 1. The summed E-state index contributed by atoms with van der Waals surface area (Å²) >= 11 is 0. The van der Waals surface area contributed by atoms with Gasteiger partial charge in [0.2, 0.25) is 29.5 Å². The Morgan fingerprint density at radius 2 is 1.62 bits per heavy atom. The van der Waals surface area contributed by atoms with Crippen molar-refractivity contribution in [3.8, 4) is 0 Å². The van der Waals surface area contributed by atoms with Crippen LogP contribution in [-0.2, 0) is 28.8 Å². The third-order valence-corrected chi connectivity index (χ3v) is 12.5. The Labute approximate surface area is 401 Å². The van der Waals surface area contributed by atoms with Gasteiger partial charge in [0.1, 0.15) is 29.6 Å². The average Bonchev–Trinajstić information content (AvgIpc) is 3.80. The number of para-hydroxylation sites is 1. The molecule has 2 aromatic carbocycles. The maximum atomic E-state index is 14.3. The molecular weight excluding hydrogens is 893 g/mol. The Balaban J connectivity index is 1.40. The molecule has 0 unspecified atom stereocenters. The standard InChI is InChI=1S/C47H70N12O10/c1-5-27(2)39(42(48)62)51-24-12-10-17-32(45(65)58-26-14-19-35(58)43(63)56-33(46(66)67)18-13-25-53-47(49)50)55-44(64)40(29(4)60)57-36(61)20-7-6-11-23-52-41-30-15-8-9-16-31(30)54-38-28(3)21-22-34(37(38)41)59(68)69/h8-9,15-16,21-22,27,29,32-33,35,39-40,51,60H,5-7,10-14,17-20,23-26H2,1-4H3,(H2,48,62)(H,52,54)(H,55,64)(H,56,63)(H,57,61)(H,66,67)(H4,49,50,53)/t27-,29+,32-,33-,35-,39-,40-/m0/s1. The molecule has 22 nitrogen and oxygen atoms in total. The number of benzene rings is 2. The van der Waals surface area contributed by atoms with Crippen molar-refractivity contribution >= 4 is 74.6 Å². The van der Waals surface area contributed by atoms with E-state index in [2.05, 4.69) is 31.6 Å². The van der Waals surface area contributed by atoms with Crippen LogP contribution >= 0.6 is 0 Å². The van der Waals surface area contributed by atoms with Gasteiger partial charge in [-0.3, -0.25) is 39.1 Å². The predicted octanol–water partition coefficient (Wildman–Crippen LogP) is 2.20. The van der Waals surface area contributed by atoms with Crippen LogP contribution in [0.3, 0.4) is 0 Å². The van der Waals surface area contributed by atoms with E-state index in [-0.39, 0.29) is 62.8 Å². The molecular formula is C47H70N12O10. The number of unbranched alkanes of at least 4 members (excludes halogenated alkanes) is 3. The largest absolute Gasteiger partial charge is 0.480 e. The van der Waals surface area contributed by atoms with E-state index in [4.69, 9.17) is 22.2 Å². The lowest BCUT2D eigenvalue weighted by atomic mass is 9.98. The van der Waals surface area contributed by atoms with Gasteiger partial charge in [-0.05, 0) is 95.7 Å². The number of nitro groups is 1. The first-order valence-corrected chi connectivity index (χ1v) is 23.8. The quantitative estimate of drug-likeness (QED) is 0.0119. The average molecular weight is 963 g/mol. The normalized spacial score (nSPS) is 16.1. The van der Waals surface area contributed by atoms with E-state index < -0.39 is 76.7 Å². The van der Waals surface area contributed by atoms with Crippen LogP contribution in [0.25, 0.3) is 21.8 Å². The molecule has 1 fully saturated rings. The highest BCUT2D eigenvalue weighted by Gasteiger charge is 2.40. The van der Waals surface area contributed by atoms with Crippen molar-refractivity contribution in [2.24, 2.45) is 28.1 Å². The summed E-state index contributed by atoms with van der Waals surface area (Å²) in [6.45, 7) is 8.15. The number of carbonyl (C=O) groups is 6. The number of rotatable bonds is 29. The number of fused-ring (bicyclic) bond motifs is 2. The molecule has 0 bridgehead atoms. The molecule has 1 aromatic heterocycles. The SMILES string of the molecule is CC[C@H](C)[C@H](NCCCC[C@H](NC(=O)[C@@H](NC(=O)CCCCCNc1c2ccccc2nc2c(C)ccc([N+](=O)[O-])c12)[C@@H](C)O)C(=O)N1CCC[C@H]1C(=O)N[C@@H](CCCN=C(N)N)C(=O)O)C(N)=O. The van der Waals surface area contributed by atoms with Crippen LogP contribution in [0.5, 0.6) is 0 Å². The van der Waals surface area contributed by atoms with Crippen LogP contribution in [0, 0.1) is 23.0 Å². The van der Waals surface area contributed by atoms with Gasteiger partial charge in [0.25, 0.3) is 5.69 Å². The number of hydrogen-bond acceptors (Lipinski definition) is 13. The molecule has 4 rings (SSSR count). The van der Waals surface area contributed by atoms with Crippen LogP contribution in [0.4, 0.5) is 11.4 Å². The van der Waals surface area contributed by atoms with Crippen LogP contribution in [-0.4, -0.2) is 129 Å². The van der Waals surface area contributed by atoms with Gasteiger partial charge in [-0.1, -0.05) is 51.0 Å². The van der Waals surface area contributed by atoms with Gasteiger partial charge in [0, 0.05) is 37.5 Å². The minimum Gasteiger partial charge on any atom is -0.480 e. The summed E-state index contributed by atoms with van der Waals surface area (Å²) < 4.78 is 0. The fraction of sp³-hybridized carbons (Fsp3) is 0.574. The molecule has 0 radical (unpaired) electrons. The number of aliphatic hydroxyl groups is 1. The Kier molecular flexibility index (Phi) is 21.3. The second-order valence-corrected chi connectivity index (χ2v) is 17.7. The second-order valence-electron chi connectivity index (χ2n) is 17.7. The first-order valence-electron chi connectivity index (χ1n) is 23.8. The fourth-order valence-corrected chi connectivity index (χ4v) is 8.50. The van der Waals surface area contributed by atoms with Crippen molar-refractivity contribution in [2.45, 2.75) is 141 Å². The Hall–Kier alpha value is -6.68. The number of aliphatic hydroxyl groups excluding tert-OH is 1. The van der Waals surface area contributed by atoms with E-state index >= 15 is 0 Å². The number of nitro benzene ring substituents is 1. The number of aryl methyl sites for hydroxylation is 1. The van der Waals surface area contributed by atoms with Gasteiger partial charge >= 0.3 is 5.97 Å². The van der Waals surface area contributed by atoms with Gasteiger partial charge in [0.15, 0.2) is 5.96 Å². The minimum atomic E-state index is -1.44. The molecule has 1 aliphatic rings. The molecule has 7 atom stereocenters. The minimum absolute atomic E-state index is 0.0107. The number of guanidine groups is 1. The van der Waals surface area contributed by atoms with Gasteiger partial charge in [-0.2, -0.15) is 0 Å². The Morgan fingerprint density at radius 3 is 2.29 bits per heavy atom. The zero-order chi connectivity index (χ0) is 50.8. The zero-order valence-electron chi connectivity index (χ0n) is 40.0. The van der Waals surface area contributed by atoms with Gasteiger partial charge in [0.05, 0.1) is 33.8 Å². The predicted molar refractivity (Wildman–Crippen MR) is 262 cm³/mol. The molecule has 1 saturated heterocycles. The number of aliphatic imine (C=N–C) groups is 1. The smallest absolute Gasteiger partial charge is 0.326 e. The maximum Gasteiger partial charge on any atom is 0.326 e. The number of anilines is 1. The summed E-state index contributed by atoms with van der Waals surface area (Å²) in [6.07, 6.45) is 2.86. The van der Waals surface area contributed by atoms with Crippen LogP contribution in [0.2, 0.25) is 0 Å². The molecule has 0 aliphatic carbocycles. The number of nitrogens with zero attached hydrogens (tertiary/aromatic N) is 4. The fourth-order valence-electron chi connectivity index (χ4n) is 8.50. The lowest BCUT2D eigenvalue weighted by Crippen LogP contribution is -2.59. The number of carboxylic acids is 1. The van der Waals surface area contributed by atoms with Crippen molar-refractivity contribution < 1.29 is 43.9 Å². The van der Waals surface area contributed by atoms with E-state index in [0.29, 0.717) is 73.7 Å². The lowest BCUT2D eigenvalue weighted by Gasteiger charge is -2.31. The van der Waals surface area contributed by atoms with E-state index in [0.717, 1.165) is 17.4 Å². The van der Waals surface area contributed by atoms with E-state index in [1.165, 1.54) is 17.9 Å².